The van der Waals surface area contributed by atoms with E-state index in [0.717, 1.165) is 29.7 Å². The second-order valence-electron chi connectivity index (χ2n) is 8.85. The van der Waals surface area contributed by atoms with Gasteiger partial charge in [0.15, 0.2) is 6.10 Å². The standard InChI is InChI=1S/C26H31N3O5/c1-17-8-6-10-21(18(17)2)27-25(31)16-28(14-20-9-7-13-33-20)26(32)24-15-29(19(3)30)22-11-4-5-12-23(22)34-24/h4-6,8,10-12,20,24H,7,9,13-16H2,1-3H3,(H,27,31). The molecule has 0 aromatic heterocycles. The zero-order valence-corrected chi connectivity index (χ0v) is 19.9. The number of fused-ring (bicyclic) bond motifs is 1. The van der Waals surface area contributed by atoms with Crippen molar-refractivity contribution in [2.24, 2.45) is 0 Å². The Kier molecular flexibility index (Phi) is 7.17. The average molecular weight is 466 g/mol. The van der Waals surface area contributed by atoms with Crippen molar-refractivity contribution in [3.63, 3.8) is 0 Å². The van der Waals surface area contributed by atoms with Gasteiger partial charge in [-0.2, -0.15) is 0 Å². The van der Waals surface area contributed by atoms with Gasteiger partial charge in [0.2, 0.25) is 11.8 Å². The summed E-state index contributed by atoms with van der Waals surface area (Å²) in [6.45, 7) is 6.29. The Hall–Kier alpha value is -3.39. The lowest BCUT2D eigenvalue weighted by Gasteiger charge is -2.36. The van der Waals surface area contributed by atoms with Crippen LogP contribution in [0.25, 0.3) is 0 Å². The topological polar surface area (TPSA) is 88.2 Å². The number of carbonyl (C=O) groups is 3. The Bertz CT molecular complexity index is 1080. The van der Waals surface area contributed by atoms with Crippen LogP contribution >= 0.6 is 0 Å². The molecule has 2 aromatic carbocycles. The van der Waals surface area contributed by atoms with E-state index in [-0.39, 0.29) is 36.9 Å². The van der Waals surface area contributed by atoms with Crippen molar-refractivity contribution in [1.29, 1.82) is 0 Å². The summed E-state index contributed by atoms with van der Waals surface area (Å²) in [6, 6.07) is 12.9. The van der Waals surface area contributed by atoms with Crippen LogP contribution in [0.3, 0.4) is 0 Å². The van der Waals surface area contributed by atoms with Gasteiger partial charge in [0.05, 0.1) is 18.3 Å². The minimum atomic E-state index is -0.909. The van der Waals surface area contributed by atoms with Crippen molar-refractivity contribution in [1.82, 2.24) is 4.90 Å². The van der Waals surface area contributed by atoms with Crippen LogP contribution in [0.5, 0.6) is 5.75 Å². The van der Waals surface area contributed by atoms with Crippen molar-refractivity contribution in [3.8, 4) is 5.75 Å². The van der Waals surface area contributed by atoms with E-state index in [4.69, 9.17) is 9.47 Å². The lowest BCUT2D eigenvalue weighted by atomic mass is 10.1. The second kappa shape index (κ2) is 10.3. The lowest BCUT2D eigenvalue weighted by molar-refractivity contribution is -0.142. The molecule has 4 rings (SSSR count). The Morgan fingerprint density at radius 3 is 2.65 bits per heavy atom. The van der Waals surface area contributed by atoms with Crippen LogP contribution in [0.1, 0.15) is 30.9 Å². The van der Waals surface area contributed by atoms with Crippen LogP contribution in [0.15, 0.2) is 42.5 Å². The quantitative estimate of drug-likeness (QED) is 0.709. The van der Waals surface area contributed by atoms with Gasteiger partial charge in [-0.1, -0.05) is 24.3 Å². The first-order valence-corrected chi connectivity index (χ1v) is 11.6. The highest BCUT2D eigenvalue weighted by molar-refractivity contribution is 5.98. The SMILES string of the molecule is CC(=O)N1CC(C(=O)N(CC(=O)Nc2cccc(C)c2C)CC2CCCO2)Oc2ccccc21. The molecule has 0 bridgehead atoms. The summed E-state index contributed by atoms with van der Waals surface area (Å²) in [5.74, 6) is -0.335. The summed E-state index contributed by atoms with van der Waals surface area (Å²) in [5.41, 5.74) is 3.42. The highest BCUT2D eigenvalue weighted by Crippen LogP contribution is 2.33. The van der Waals surface area contributed by atoms with Crippen molar-refractivity contribution in [2.45, 2.75) is 45.8 Å². The molecule has 2 unspecified atom stereocenters. The number of hydrogen-bond acceptors (Lipinski definition) is 5. The number of aryl methyl sites for hydroxylation is 1. The van der Waals surface area contributed by atoms with Gasteiger partial charge in [-0.25, -0.2) is 0 Å². The summed E-state index contributed by atoms with van der Waals surface area (Å²) in [4.78, 5) is 41.9. The molecule has 0 saturated carbocycles. The molecule has 3 amide bonds. The van der Waals surface area contributed by atoms with E-state index < -0.39 is 6.10 Å². The molecule has 0 aliphatic carbocycles. The molecular weight excluding hydrogens is 434 g/mol. The Labute approximate surface area is 199 Å². The zero-order valence-electron chi connectivity index (χ0n) is 19.9. The third kappa shape index (κ3) is 5.22. The number of anilines is 2. The van der Waals surface area contributed by atoms with E-state index in [9.17, 15) is 14.4 Å². The summed E-state index contributed by atoms with van der Waals surface area (Å²) in [7, 11) is 0. The van der Waals surface area contributed by atoms with Gasteiger partial charge >= 0.3 is 0 Å². The monoisotopic (exact) mass is 465 g/mol. The van der Waals surface area contributed by atoms with E-state index in [2.05, 4.69) is 5.32 Å². The third-order valence-corrected chi connectivity index (χ3v) is 6.40. The van der Waals surface area contributed by atoms with E-state index >= 15 is 0 Å². The number of rotatable bonds is 6. The summed E-state index contributed by atoms with van der Waals surface area (Å²) in [5, 5.41) is 2.93. The fourth-order valence-electron chi connectivity index (χ4n) is 4.38. The zero-order chi connectivity index (χ0) is 24.2. The van der Waals surface area contributed by atoms with Gasteiger partial charge in [-0.05, 0) is 56.0 Å². The Balaban J connectivity index is 1.53. The van der Waals surface area contributed by atoms with Crippen molar-refractivity contribution in [2.75, 3.05) is 36.5 Å². The Morgan fingerprint density at radius 2 is 1.91 bits per heavy atom. The number of hydrogen-bond donors (Lipinski definition) is 1. The van der Waals surface area contributed by atoms with Gasteiger partial charge in [0, 0.05) is 25.8 Å². The molecule has 2 aliphatic heterocycles. The van der Waals surface area contributed by atoms with Crippen LogP contribution in [0.4, 0.5) is 11.4 Å². The lowest BCUT2D eigenvalue weighted by Crippen LogP contribution is -2.54. The highest BCUT2D eigenvalue weighted by Gasteiger charge is 2.36. The molecule has 2 atom stereocenters. The molecule has 2 aliphatic rings. The number of para-hydroxylation sites is 2. The number of nitrogens with one attached hydrogen (secondary N) is 1. The predicted octanol–water partition coefficient (Wildman–Crippen LogP) is 3.06. The maximum atomic E-state index is 13.6. The molecule has 34 heavy (non-hydrogen) atoms. The molecule has 0 spiro atoms. The third-order valence-electron chi connectivity index (χ3n) is 6.40. The predicted molar refractivity (Wildman–Crippen MR) is 129 cm³/mol. The van der Waals surface area contributed by atoms with Crippen LogP contribution < -0.4 is 15.0 Å². The molecule has 180 valence electrons. The first-order chi connectivity index (χ1) is 16.3. The Morgan fingerprint density at radius 1 is 1.12 bits per heavy atom. The molecular formula is C26H31N3O5. The van der Waals surface area contributed by atoms with Crippen molar-refractivity contribution < 1.29 is 23.9 Å². The van der Waals surface area contributed by atoms with Gasteiger partial charge < -0.3 is 24.6 Å². The van der Waals surface area contributed by atoms with Gasteiger partial charge in [0.25, 0.3) is 5.91 Å². The molecule has 1 fully saturated rings. The normalized spacial score (nSPS) is 19.2. The van der Waals surface area contributed by atoms with E-state index in [0.29, 0.717) is 24.6 Å². The van der Waals surface area contributed by atoms with Crippen LogP contribution in [-0.2, 0) is 19.1 Å². The number of amides is 3. The molecule has 8 heteroatoms. The molecule has 2 aromatic rings. The van der Waals surface area contributed by atoms with Crippen LogP contribution in [-0.4, -0.2) is 61.1 Å². The van der Waals surface area contributed by atoms with Gasteiger partial charge in [-0.15, -0.1) is 0 Å². The number of ether oxygens (including phenoxy) is 2. The van der Waals surface area contributed by atoms with Gasteiger partial charge in [-0.3, -0.25) is 14.4 Å². The van der Waals surface area contributed by atoms with Crippen molar-refractivity contribution in [3.05, 3.63) is 53.6 Å². The first kappa shape index (κ1) is 23.8. The van der Waals surface area contributed by atoms with E-state index in [1.807, 2.05) is 38.1 Å². The van der Waals surface area contributed by atoms with Crippen LogP contribution in [0.2, 0.25) is 0 Å². The maximum absolute atomic E-state index is 13.6. The summed E-state index contributed by atoms with van der Waals surface area (Å²) >= 11 is 0. The maximum Gasteiger partial charge on any atom is 0.266 e. The van der Waals surface area contributed by atoms with Crippen LogP contribution in [0, 0.1) is 13.8 Å². The first-order valence-electron chi connectivity index (χ1n) is 11.6. The van der Waals surface area contributed by atoms with E-state index in [1.165, 1.54) is 11.8 Å². The smallest absolute Gasteiger partial charge is 0.266 e. The second-order valence-corrected chi connectivity index (χ2v) is 8.85. The fourth-order valence-corrected chi connectivity index (χ4v) is 4.38. The summed E-state index contributed by atoms with van der Waals surface area (Å²) in [6.07, 6.45) is 0.717. The number of nitrogens with zero attached hydrogens (tertiary/aromatic N) is 2. The molecule has 1 saturated heterocycles. The molecule has 1 N–H and O–H groups in total. The highest BCUT2D eigenvalue weighted by atomic mass is 16.5. The average Bonchev–Trinajstić information content (AvgIpc) is 3.33. The fraction of sp³-hybridized carbons (Fsp3) is 0.423. The molecule has 8 nitrogen and oxygen atoms in total. The summed E-state index contributed by atoms with van der Waals surface area (Å²) < 4.78 is 11.7. The largest absolute Gasteiger partial charge is 0.476 e. The number of carbonyl (C=O) groups excluding carboxylic acids is 3. The number of benzene rings is 2. The van der Waals surface area contributed by atoms with Crippen molar-refractivity contribution >= 4 is 29.1 Å². The molecule has 0 radical (unpaired) electrons. The van der Waals surface area contributed by atoms with E-state index in [1.54, 1.807) is 23.1 Å². The van der Waals surface area contributed by atoms with Gasteiger partial charge in [0.1, 0.15) is 12.3 Å². The minimum absolute atomic E-state index is 0.0891. The molecule has 2 heterocycles. The minimum Gasteiger partial charge on any atom is -0.476 e.